The van der Waals surface area contributed by atoms with Crippen molar-refractivity contribution < 1.29 is 14.3 Å². The molecule has 0 atom stereocenters. The summed E-state index contributed by atoms with van der Waals surface area (Å²) in [6.07, 6.45) is 0. The second-order valence-corrected chi connectivity index (χ2v) is 7.05. The summed E-state index contributed by atoms with van der Waals surface area (Å²) in [5, 5.41) is 4.99. The molecule has 0 unspecified atom stereocenters. The maximum Gasteiger partial charge on any atom is 0.359 e. The number of rotatable bonds is 6. The quantitative estimate of drug-likeness (QED) is 0.602. The molecule has 0 saturated heterocycles. The van der Waals surface area contributed by atoms with Crippen LogP contribution in [-0.4, -0.2) is 40.2 Å². The zero-order valence-corrected chi connectivity index (χ0v) is 16.7. The fourth-order valence-corrected chi connectivity index (χ4v) is 2.96. The number of fused-ring (bicyclic) bond motifs is 1. The van der Waals surface area contributed by atoms with Gasteiger partial charge in [-0.15, -0.1) is 0 Å². The first-order valence-corrected chi connectivity index (χ1v) is 9.35. The summed E-state index contributed by atoms with van der Waals surface area (Å²) in [5.74, 6) is -1.07. The van der Waals surface area contributed by atoms with Crippen LogP contribution in [-0.2, 0) is 16.1 Å². The summed E-state index contributed by atoms with van der Waals surface area (Å²) in [4.78, 5) is 39.1. The Kier molecular flexibility index (Phi) is 6.07. The summed E-state index contributed by atoms with van der Waals surface area (Å²) < 4.78 is 6.48. The van der Waals surface area contributed by atoms with Gasteiger partial charge in [-0.2, -0.15) is 5.10 Å². The normalized spacial score (nSPS) is 10.9. The zero-order valence-electron chi connectivity index (χ0n) is 16.7. The van der Waals surface area contributed by atoms with Gasteiger partial charge in [-0.1, -0.05) is 48.5 Å². The maximum atomic E-state index is 12.7. The third-order valence-electron chi connectivity index (χ3n) is 4.53. The lowest BCUT2D eigenvalue weighted by Gasteiger charge is -2.17. The molecule has 0 spiro atoms. The lowest BCUT2D eigenvalue weighted by molar-refractivity contribution is -0.133. The van der Waals surface area contributed by atoms with E-state index in [9.17, 15) is 14.4 Å². The number of carbonyl (C=O) groups is 2. The highest BCUT2D eigenvalue weighted by molar-refractivity contribution is 6.02. The number of hydrogen-bond donors (Lipinski definition) is 0. The number of hydrogen-bond acceptors (Lipinski definition) is 5. The molecule has 0 fully saturated rings. The van der Waals surface area contributed by atoms with E-state index < -0.39 is 12.6 Å². The van der Waals surface area contributed by atoms with Crippen molar-refractivity contribution in [1.29, 1.82) is 0 Å². The molecule has 3 rings (SSSR count). The molecule has 29 heavy (non-hydrogen) atoms. The van der Waals surface area contributed by atoms with Gasteiger partial charge in [0.2, 0.25) is 0 Å². The topological polar surface area (TPSA) is 81.5 Å². The SMILES string of the molecule is CC(C)n1nc(C(=O)OCC(=O)N(C)Cc2ccccc2)c2ccccc2c1=O. The van der Waals surface area contributed by atoms with E-state index >= 15 is 0 Å². The van der Waals surface area contributed by atoms with Gasteiger partial charge in [-0.3, -0.25) is 9.59 Å². The summed E-state index contributed by atoms with van der Waals surface area (Å²) in [7, 11) is 1.65. The van der Waals surface area contributed by atoms with Crippen molar-refractivity contribution in [3.8, 4) is 0 Å². The Hall–Kier alpha value is -3.48. The van der Waals surface area contributed by atoms with Gasteiger partial charge in [0.25, 0.3) is 11.5 Å². The van der Waals surface area contributed by atoms with Gasteiger partial charge in [-0.25, -0.2) is 9.48 Å². The third kappa shape index (κ3) is 4.51. The second kappa shape index (κ2) is 8.68. The summed E-state index contributed by atoms with van der Waals surface area (Å²) in [6, 6.07) is 16.1. The minimum atomic E-state index is -0.739. The fraction of sp³-hybridized carbons (Fsp3) is 0.273. The van der Waals surface area contributed by atoms with Crippen molar-refractivity contribution in [2.45, 2.75) is 26.4 Å². The predicted molar refractivity (Wildman–Crippen MR) is 110 cm³/mol. The Morgan fingerprint density at radius 2 is 1.66 bits per heavy atom. The number of carbonyl (C=O) groups excluding carboxylic acids is 2. The Morgan fingerprint density at radius 1 is 1.03 bits per heavy atom. The summed E-state index contributed by atoms with van der Waals surface area (Å²) >= 11 is 0. The van der Waals surface area contributed by atoms with Gasteiger partial charge < -0.3 is 9.64 Å². The Morgan fingerprint density at radius 3 is 2.31 bits per heavy atom. The van der Waals surface area contributed by atoms with Crippen molar-refractivity contribution in [2.24, 2.45) is 0 Å². The molecule has 3 aromatic rings. The van der Waals surface area contributed by atoms with Crippen molar-refractivity contribution in [2.75, 3.05) is 13.7 Å². The Balaban J connectivity index is 1.77. The molecule has 7 heteroatoms. The van der Waals surface area contributed by atoms with Gasteiger partial charge in [-0.05, 0) is 25.5 Å². The number of likely N-dealkylation sites (N-methyl/N-ethyl adjacent to an activating group) is 1. The van der Waals surface area contributed by atoms with Crippen LogP contribution in [0.4, 0.5) is 0 Å². The van der Waals surface area contributed by atoms with Crippen LogP contribution in [0.25, 0.3) is 10.8 Å². The van der Waals surface area contributed by atoms with E-state index in [1.807, 2.05) is 30.3 Å². The van der Waals surface area contributed by atoms with Crippen molar-refractivity contribution in [3.63, 3.8) is 0 Å². The molecular formula is C22H23N3O4. The van der Waals surface area contributed by atoms with Gasteiger partial charge in [0.15, 0.2) is 12.3 Å². The van der Waals surface area contributed by atoms with Gasteiger partial charge >= 0.3 is 5.97 Å². The van der Waals surface area contributed by atoms with Crippen LogP contribution in [0.1, 0.15) is 35.9 Å². The van der Waals surface area contributed by atoms with Gasteiger partial charge in [0.1, 0.15) is 0 Å². The predicted octanol–water partition coefficient (Wildman–Crippen LogP) is 2.79. The van der Waals surface area contributed by atoms with Crippen LogP contribution in [0.15, 0.2) is 59.4 Å². The molecule has 0 saturated carbocycles. The molecule has 1 heterocycles. The Bertz CT molecular complexity index is 1090. The molecule has 1 aromatic heterocycles. The largest absolute Gasteiger partial charge is 0.451 e. The number of esters is 1. The Labute approximate surface area is 168 Å². The molecule has 1 amide bonds. The molecular weight excluding hydrogens is 370 g/mol. The molecule has 0 aliphatic rings. The van der Waals surface area contributed by atoms with Crippen LogP contribution < -0.4 is 5.56 Å². The number of nitrogens with zero attached hydrogens (tertiary/aromatic N) is 3. The molecule has 7 nitrogen and oxygen atoms in total. The second-order valence-electron chi connectivity index (χ2n) is 7.05. The molecule has 2 aromatic carbocycles. The average molecular weight is 393 g/mol. The average Bonchev–Trinajstić information content (AvgIpc) is 2.72. The third-order valence-corrected chi connectivity index (χ3v) is 4.53. The van der Waals surface area contributed by atoms with E-state index in [2.05, 4.69) is 5.10 Å². The van der Waals surface area contributed by atoms with Crippen LogP contribution >= 0.6 is 0 Å². The highest BCUT2D eigenvalue weighted by atomic mass is 16.5. The standard InChI is InChI=1S/C22H23N3O4/c1-15(2)25-21(27)18-12-8-7-11-17(18)20(23-25)22(28)29-14-19(26)24(3)13-16-9-5-4-6-10-16/h4-12,15H,13-14H2,1-3H3. The number of amides is 1. The van der Waals surface area contributed by atoms with E-state index in [-0.39, 0.29) is 23.2 Å². The smallest absolute Gasteiger partial charge is 0.359 e. The van der Waals surface area contributed by atoms with E-state index in [0.717, 1.165) is 5.56 Å². The highest BCUT2D eigenvalue weighted by Gasteiger charge is 2.20. The molecule has 0 radical (unpaired) electrons. The molecule has 0 bridgehead atoms. The number of benzene rings is 2. The zero-order chi connectivity index (χ0) is 21.0. The first-order chi connectivity index (χ1) is 13.9. The van der Waals surface area contributed by atoms with Crippen molar-refractivity contribution in [3.05, 3.63) is 76.2 Å². The first-order valence-electron chi connectivity index (χ1n) is 9.35. The molecule has 150 valence electrons. The minimum Gasteiger partial charge on any atom is -0.451 e. The number of aromatic nitrogens is 2. The molecule has 0 aliphatic heterocycles. The van der Waals surface area contributed by atoms with E-state index in [1.165, 1.54) is 9.58 Å². The van der Waals surface area contributed by atoms with E-state index in [0.29, 0.717) is 17.3 Å². The molecule has 0 N–H and O–H groups in total. The number of ether oxygens (including phenoxy) is 1. The van der Waals surface area contributed by atoms with Crippen molar-refractivity contribution >= 4 is 22.6 Å². The lowest BCUT2D eigenvalue weighted by Crippen LogP contribution is -2.32. The summed E-state index contributed by atoms with van der Waals surface area (Å²) in [6.45, 7) is 3.62. The summed E-state index contributed by atoms with van der Waals surface area (Å²) in [5.41, 5.74) is 0.726. The van der Waals surface area contributed by atoms with Crippen LogP contribution in [0.5, 0.6) is 0 Å². The fourth-order valence-electron chi connectivity index (χ4n) is 2.96. The van der Waals surface area contributed by atoms with E-state index in [4.69, 9.17) is 4.74 Å². The van der Waals surface area contributed by atoms with Crippen LogP contribution in [0, 0.1) is 0 Å². The van der Waals surface area contributed by atoms with Crippen LogP contribution in [0.3, 0.4) is 0 Å². The van der Waals surface area contributed by atoms with Crippen LogP contribution in [0.2, 0.25) is 0 Å². The van der Waals surface area contributed by atoms with Gasteiger partial charge in [0, 0.05) is 19.0 Å². The molecule has 0 aliphatic carbocycles. The van der Waals surface area contributed by atoms with Crippen molar-refractivity contribution in [1.82, 2.24) is 14.7 Å². The maximum absolute atomic E-state index is 12.7. The van der Waals surface area contributed by atoms with E-state index in [1.54, 1.807) is 45.2 Å². The monoisotopic (exact) mass is 393 g/mol. The first kappa shape index (κ1) is 20.3. The van der Waals surface area contributed by atoms with Gasteiger partial charge in [0.05, 0.1) is 11.4 Å². The lowest BCUT2D eigenvalue weighted by atomic mass is 10.1. The minimum absolute atomic E-state index is 0.0208. The highest BCUT2D eigenvalue weighted by Crippen LogP contribution is 2.16.